The van der Waals surface area contributed by atoms with Crippen LogP contribution >= 0.6 is 11.3 Å². The van der Waals surface area contributed by atoms with Crippen LogP contribution in [0.2, 0.25) is 0 Å². The van der Waals surface area contributed by atoms with Crippen LogP contribution < -0.4 is 5.32 Å². The Morgan fingerprint density at radius 2 is 2.09 bits per heavy atom. The molecule has 0 unspecified atom stereocenters. The zero-order valence-corrected chi connectivity index (χ0v) is 19.7. The first-order valence-corrected chi connectivity index (χ1v) is 12.5. The van der Waals surface area contributed by atoms with Crippen molar-refractivity contribution in [3.05, 3.63) is 33.1 Å². The number of carbonyl (C=O) groups is 1. The molecule has 10 heteroatoms. The number of nitrogens with one attached hydrogen (secondary N) is 1. The van der Waals surface area contributed by atoms with E-state index in [1.807, 2.05) is 6.92 Å². The molecule has 0 aromatic carbocycles. The van der Waals surface area contributed by atoms with E-state index in [9.17, 15) is 18.0 Å². The van der Waals surface area contributed by atoms with E-state index in [0.29, 0.717) is 16.7 Å². The van der Waals surface area contributed by atoms with Gasteiger partial charge in [-0.25, -0.2) is 4.98 Å². The fraction of sp³-hybridized carbons (Fsp3) is 0.696. The van der Waals surface area contributed by atoms with Gasteiger partial charge >= 0.3 is 6.18 Å². The lowest BCUT2D eigenvalue weighted by molar-refractivity contribution is -0.134. The summed E-state index contributed by atoms with van der Waals surface area (Å²) in [6.45, 7) is 4.51. The van der Waals surface area contributed by atoms with E-state index in [1.54, 1.807) is 6.07 Å². The highest BCUT2D eigenvalue weighted by Gasteiger charge is 2.29. The van der Waals surface area contributed by atoms with Gasteiger partial charge in [-0.15, -0.1) is 11.3 Å². The minimum atomic E-state index is -4.13. The summed E-state index contributed by atoms with van der Waals surface area (Å²) >= 11 is 1.45. The number of hydrogen-bond acceptors (Lipinski definition) is 6. The molecule has 2 aliphatic rings. The predicted octanol–water partition coefficient (Wildman–Crippen LogP) is 4.60. The van der Waals surface area contributed by atoms with Crippen molar-refractivity contribution in [1.29, 1.82) is 0 Å². The third kappa shape index (κ3) is 7.27. The van der Waals surface area contributed by atoms with Crippen molar-refractivity contribution in [3.63, 3.8) is 0 Å². The fourth-order valence-corrected chi connectivity index (χ4v) is 5.82. The molecule has 1 saturated carbocycles. The van der Waals surface area contributed by atoms with Crippen molar-refractivity contribution in [2.24, 2.45) is 5.92 Å². The second-order valence-corrected chi connectivity index (χ2v) is 10.5. The maximum absolute atomic E-state index is 12.5. The van der Waals surface area contributed by atoms with Gasteiger partial charge in [-0.2, -0.15) is 13.2 Å². The van der Waals surface area contributed by atoms with Gasteiger partial charge in [0.2, 0.25) is 5.91 Å². The van der Waals surface area contributed by atoms with Gasteiger partial charge < -0.3 is 9.84 Å². The average Bonchev–Trinajstić information content (AvgIpc) is 3.36. The maximum atomic E-state index is 12.5. The van der Waals surface area contributed by atoms with E-state index in [2.05, 4.69) is 20.4 Å². The molecule has 182 valence electrons. The highest BCUT2D eigenvalue weighted by atomic mass is 32.1. The number of rotatable bonds is 8. The smallest absolute Gasteiger partial charge is 0.361 e. The first-order valence-electron chi connectivity index (χ1n) is 11.7. The minimum Gasteiger partial charge on any atom is -0.361 e. The van der Waals surface area contributed by atoms with Crippen molar-refractivity contribution in [3.8, 4) is 0 Å². The van der Waals surface area contributed by atoms with Crippen LogP contribution in [0.1, 0.15) is 65.6 Å². The van der Waals surface area contributed by atoms with E-state index < -0.39 is 12.6 Å². The van der Waals surface area contributed by atoms with Crippen LogP contribution in [0.3, 0.4) is 0 Å². The molecule has 0 saturated heterocycles. The number of aromatic nitrogens is 2. The van der Waals surface area contributed by atoms with Crippen molar-refractivity contribution in [2.45, 2.75) is 83.5 Å². The van der Waals surface area contributed by atoms with Gasteiger partial charge in [-0.1, -0.05) is 5.16 Å². The van der Waals surface area contributed by atoms with Crippen molar-refractivity contribution >= 4 is 17.2 Å². The van der Waals surface area contributed by atoms with Gasteiger partial charge in [0.05, 0.1) is 22.8 Å². The summed E-state index contributed by atoms with van der Waals surface area (Å²) in [6, 6.07) is 2.01. The summed E-state index contributed by atoms with van der Waals surface area (Å²) in [5, 5.41) is 7.54. The molecule has 2 aromatic rings. The monoisotopic (exact) mass is 484 g/mol. The zero-order valence-electron chi connectivity index (χ0n) is 18.9. The first-order chi connectivity index (χ1) is 15.7. The number of nitrogens with zero attached hydrogens (tertiary/aromatic N) is 3. The van der Waals surface area contributed by atoms with E-state index in [4.69, 9.17) is 4.52 Å². The highest BCUT2D eigenvalue weighted by Crippen LogP contribution is 2.31. The molecule has 33 heavy (non-hydrogen) atoms. The number of amides is 1. The number of fused-ring (bicyclic) bond motifs is 1. The third-order valence-corrected chi connectivity index (χ3v) is 7.77. The zero-order chi connectivity index (χ0) is 23.4. The van der Waals surface area contributed by atoms with Gasteiger partial charge in [0.1, 0.15) is 5.76 Å². The van der Waals surface area contributed by atoms with E-state index in [1.165, 1.54) is 11.3 Å². The Balaban J connectivity index is 1.15. The number of halogens is 3. The van der Waals surface area contributed by atoms with Gasteiger partial charge in [-0.05, 0) is 57.9 Å². The molecular formula is C23H31F3N4O2S. The van der Waals surface area contributed by atoms with Crippen LogP contribution in [0.4, 0.5) is 13.2 Å². The summed E-state index contributed by atoms with van der Waals surface area (Å²) in [5.74, 6) is 1.22. The van der Waals surface area contributed by atoms with Gasteiger partial charge in [0.15, 0.2) is 0 Å². The summed E-state index contributed by atoms with van der Waals surface area (Å²) < 4.78 is 42.6. The van der Waals surface area contributed by atoms with Crippen molar-refractivity contribution in [2.75, 3.05) is 13.1 Å². The van der Waals surface area contributed by atoms with Crippen molar-refractivity contribution < 1.29 is 22.5 Å². The lowest BCUT2D eigenvalue weighted by Crippen LogP contribution is -2.39. The van der Waals surface area contributed by atoms with E-state index in [0.717, 1.165) is 74.4 Å². The second kappa shape index (κ2) is 10.5. The SMILES string of the molecule is Cc1cc(CC(=O)N[C@H]2CC[C@H](CCN3CCc4sc(CCC(F)(F)F)nc4C3)CC2)on1. The van der Waals surface area contributed by atoms with Crippen LogP contribution in [0, 0.1) is 12.8 Å². The van der Waals surface area contributed by atoms with Crippen LogP contribution in [0.25, 0.3) is 0 Å². The van der Waals surface area contributed by atoms with E-state index in [-0.39, 0.29) is 24.8 Å². The first kappa shape index (κ1) is 24.2. The van der Waals surface area contributed by atoms with Crippen LogP contribution in [0.15, 0.2) is 10.6 Å². The lowest BCUT2D eigenvalue weighted by Gasteiger charge is -2.32. The summed E-state index contributed by atoms with van der Waals surface area (Å²) in [7, 11) is 0. The third-order valence-electron chi connectivity index (χ3n) is 6.55. The Kier molecular flexibility index (Phi) is 7.73. The molecule has 3 heterocycles. The average molecular weight is 485 g/mol. The Labute approximate surface area is 195 Å². The predicted molar refractivity (Wildman–Crippen MR) is 119 cm³/mol. The van der Waals surface area contributed by atoms with Crippen LogP contribution in [-0.2, 0) is 30.6 Å². The molecule has 0 radical (unpaired) electrons. The summed E-state index contributed by atoms with van der Waals surface area (Å²) in [6.07, 6.45) is 1.46. The maximum Gasteiger partial charge on any atom is 0.389 e. The molecule has 1 N–H and O–H groups in total. The molecule has 6 nitrogen and oxygen atoms in total. The molecule has 1 aliphatic carbocycles. The highest BCUT2D eigenvalue weighted by molar-refractivity contribution is 7.11. The van der Waals surface area contributed by atoms with Gasteiger partial charge in [-0.3, -0.25) is 9.69 Å². The fourth-order valence-electron chi connectivity index (χ4n) is 4.75. The van der Waals surface area contributed by atoms with Crippen LogP contribution in [-0.4, -0.2) is 46.3 Å². The molecule has 0 spiro atoms. The molecule has 2 aromatic heterocycles. The molecule has 1 amide bonds. The number of thiazole rings is 1. The van der Waals surface area contributed by atoms with Gasteiger partial charge in [0, 0.05) is 42.9 Å². The van der Waals surface area contributed by atoms with Crippen LogP contribution in [0.5, 0.6) is 0 Å². The topological polar surface area (TPSA) is 71.3 Å². The largest absolute Gasteiger partial charge is 0.389 e. The number of alkyl halides is 3. The lowest BCUT2D eigenvalue weighted by atomic mass is 9.84. The number of aryl methyl sites for hydroxylation is 2. The van der Waals surface area contributed by atoms with E-state index >= 15 is 0 Å². The second-order valence-electron chi connectivity index (χ2n) is 9.30. The quantitative estimate of drug-likeness (QED) is 0.593. The number of hydrogen-bond donors (Lipinski definition) is 1. The molecule has 0 bridgehead atoms. The summed E-state index contributed by atoms with van der Waals surface area (Å²) in [5.41, 5.74) is 1.75. The normalized spacial score (nSPS) is 21.7. The molecule has 0 atom stereocenters. The standard InChI is InChI=1S/C23H31F3N4O2S/c1-15-12-18(32-29-15)13-21(31)27-17-4-2-16(3-5-17)7-10-30-11-8-20-19(14-30)28-22(33-20)6-9-23(24,25)26/h12,16-17H,2-11,13-14H2,1H3,(H,27,31)/t16-,17-. The minimum absolute atomic E-state index is 0.0149. The van der Waals surface area contributed by atoms with Crippen molar-refractivity contribution in [1.82, 2.24) is 20.4 Å². The Morgan fingerprint density at radius 3 is 2.79 bits per heavy atom. The Hall–Kier alpha value is -1.94. The molecule has 1 aliphatic heterocycles. The van der Waals surface area contributed by atoms with Gasteiger partial charge in [0.25, 0.3) is 0 Å². The Morgan fingerprint density at radius 1 is 1.30 bits per heavy atom. The summed E-state index contributed by atoms with van der Waals surface area (Å²) in [4.78, 5) is 20.3. The molecule has 1 fully saturated rings. The number of carbonyl (C=O) groups excluding carboxylic acids is 1. The molecular weight excluding hydrogens is 453 g/mol. The molecule has 4 rings (SSSR count). The Bertz CT molecular complexity index is 935.